The highest BCUT2D eigenvalue weighted by Gasteiger charge is 2.15. The van der Waals surface area contributed by atoms with Crippen molar-refractivity contribution in [3.05, 3.63) is 28.2 Å². The molecular weight excluding hydrogens is 318 g/mol. The number of amides is 1. The van der Waals surface area contributed by atoms with Gasteiger partial charge in [-0.2, -0.15) is 0 Å². The Kier molecular flexibility index (Phi) is 5.89. The van der Waals surface area contributed by atoms with Crippen LogP contribution in [0.15, 0.2) is 22.7 Å². The van der Waals surface area contributed by atoms with E-state index in [-0.39, 0.29) is 12.5 Å². The van der Waals surface area contributed by atoms with Crippen molar-refractivity contribution in [3.8, 4) is 5.75 Å². The molecular formula is C16H22BrNO2. The van der Waals surface area contributed by atoms with Crippen molar-refractivity contribution in [2.75, 3.05) is 6.61 Å². The van der Waals surface area contributed by atoms with Gasteiger partial charge in [-0.25, -0.2) is 0 Å². The summed E-state index contributed by atoms with van der Waals surface area (Å²) in [5.74, 6) is 0.691. The molecule has 0 aromatic heterocycles. The monoisotopic (exact) mass is 339 g/mol. The van der Waals surface area contributed by atoms with Crippen molar-refractivity contribution in [2.45, 2.75) is 51.5 Å². The number of ether oxygens (including phenoxy) is 1. The molecule has 0 heterocycles. The van der Waals surface area contributed by atoms with Crippen molar-refractivity contribution in [2.24, 2.45) is 0 Å². The van der Waals surface area contributed by atoms with Crippen LogP contribution in [0, 0.1) is 6.92 Å². The first-order valence-electron chi connectivity index (χ1n) is 7.33. The van der Waals surface area contributed by atoms with Crippen LogP contribution in [0.2, 0.25) is 0 Å². The summed E-state index contributed by atoms with van der Waals surface area (Å²) in [5, 5.41) is 3.08. The van der Waals surface area contributed by atoms with Gasteiger partial charge in [0, 0.05) is 6.04 Å². The van der Waals surface area contributed by atoms with Crippen LogP contribution in [0.1, 0.15) is 44.1 Å². The largest absolute Gasteiger partial charge is 0.483 e. The Bertz CT molecular complexity index is 454. The molecule has 1 N–H and O–H groups in total. The van der Waals surface area contributed by atoms with Gasteiger partial charge in [0.2, 0.25) is 0 Å². The SMILES string of the molecule is Cc1ccc(OCC(=O)NC2CCCCCC2)c(Br)c1. The van der Waals surface area contributed by atoms with E-state index in [0.29, 0.717) is 11.8 Å². The average Bonchev–Trinajstić information content (AvgIpc) is 2.66. The van der Waals surface area contributed by atoms with Crippen molar-refractivity contribution in [1.29, 1.82) is 0 Å². The molecule has 0 saturated heterocycles. The molecule has 1 aromatic carbocycles. The lowest BCUT2D eigenvalue weighted by molar-refractivity contribution is -0.123. The highest BCUT2D eigenvalue weighted by Crippen LogP contribution is 2.25. The molecule has 1 amide bonds. The van der Waals surface area contributed by atoms with E-state index < -0.39 is 0 Å². The maximum absolute atomic E-state index is 11.9. The minimum absolute atomic E-state index is 0.0237. The van der Waals surface area contributed by atoms with Crippen LogP contribution in [0.5, 0.6) is 5.75 Å². The van der Waals surface area contributed by atoms with Gasteiger partial charge in [-0.3, -0.25) is 4.79 Å². The fourth-order valence-corrected chi connectivity index (χ4v) is 3.17. The third kappa shape index (κ3) is 4.82. The predicted octanol–water partition coefficient (Wildman–Crippen LogP) is 3.98. The highest BCUT2D eigenvalue weighted by molar-refractivity contribution is 9.10. The summed E-state index contributed by atoms with van der Waals surface area (Å²) in [6.45, 7) is 2.10. The molecule has 3 nitrogen and oxygen atoms in total. The van der Waals surface area contributed by atoms with Gasteiger partial charge in [0.15, 0.2) is 6.61 Å². The fraction of sp³-hybridized carbons (Fsp3) is 0.562. The van der Waals surface area contributed by atoms with E-state index in [4.69, 9.17) is 4.74 Å². The smallest absolute Gasteiger partial charge is 0.258 e. The highest BCUT2D eigenvalue weighted by atomic mass is 79.9. The van der Waals surface area contributed by atoms with E-state index in [1.54, 1.807) is 0 Å². The number of halogens is 1. The summed E-state index contributed by atoms with van der Waals surface area (Å²) in [6.07, 6.45) is 7.21. The van der Waals surface area contributed by atoms with Crippen molar-refractivity contribution < 1.29 is 9.53 Å². The molecule has 1 aromatic rings. The summed E-state index contributed by atoms with van der Waals surface area (Å²) < 4.78 is 6.46. The number of benzene rings is 1. The van der Waals surface area contributed by atoms with Crippen LogP contribution in [0.3, 0.4) is 0 Å². The van der Waals surface area contributed by atoms with Gasteiger partial charge in [0.05, 0.1) is 4.47 Å². The third-order valence-electron chi connectivity index (χ3n) is 3.67. The number of nitrogens with one attached hydrogen (secondary N) is 1. The standard InChI is InChI=1S/C16H22BrNO2/c1-12-8-9-15(14(17)10-12)20-11-16(19)18-13-6-4-2-3-5-7-13/h8-10,13H,2-7,11H2,1H3,(H,18,19). The molecule has 0 bridgehead atoms. The summed E-state index contributed by atoms with van der Waals surface area (Å²) in [7, 11) is 0. The van der Waals surface area contributed by atoms with Crippen LogP contribution in [-0.2, 0) is 4.79 Å². The van der Waals surface area contributed by atoms with Crippen molar-refractivity contribution in [3.63, 3.8) is 0 Å². The van der Waals surface area contributed by atoms with Gasteiger partial charge in [0.25, 0.3) is 5.91 Å². The Balaban J connectivity index is 1.79. The second-order valence-electron chi connectivity index (χ2n) is 5.48. The van der Waals surface area contributed by atoms with Gasteiger partial charge < -0.3 is 10.1 Å². The molecule has 1 aliphatic carbocycles. The maximum atomic E-state index is 11.9. The van der Waals surface area contributed by atoms with Crippen LogP contribution >= 0.6 is 15.9 Å². The molecule has 0 atom stereocenters. The zero-order valence-electron chi connectivity index (χ0n) is 12.0. The summed E-state index contributed by atoms with van der Waals surface area (Å²) >= 11 is 3.45. The van der Waals surface area contributed by atoms with Crippen LogP contribution in [0.4, 0.5) is 0 Å². The van der Waals surface area contributed by atoms with Gasteiger partial charge in [-0.15, -0.1) is 0 Å². The molecule has 0 unspecified atom stereocenters. The second-order valence-corrected chi connectivity index (χ2v) is 6.33. The summed E-state index contributed by atoms with van der Waals surface area (Å²) in [4.78, 5) is 11.9. The maximum Gasteiger partial charge on any atom is 0.258 e. The Hall–Kier alpha value is -1.03. The summed E-state index contributed by atoms with van der Waals surface area (Å²) in [5.41, 5.74) is 1.16. The molecule has 0 aliphatic heterocycles. The van der Waals surface area contributed by atoms with E-state index >= 15 is 0 Å². The Morgan fingerprint density at radius 3 is 2.65 bits per heavy atom. The van der Waals surface area contributed by atoms with Crippen LogP contribution < -0.4 is 10.1 Å². The lowest BCUT2D eigenvalue weighted by atomic mass is 10.1. The zero-order valence-corrected chi connectivity index (χ0v) is 13.5. The molecule has 110 valence electrons. The molecule has 0 radical (unpaired) electrons. The van der Waals surface area contributed by atoms with Crippen LogP contribution in [-0.4, -0.2) is 18.6 Å². The van der Waals surface area contributed by atoms with E-state index in [1.807, 2.05) is 25.1 Å². The minimum Gasteiger partial charge on any atom is -0.483 e. The third-order valence-corrected chi connectivity index (χ3v) is 4.29. The van der Waals surface area contributed by atoms with E-state index in [9.17, 15) is 4.79 Å². The van der Waals surface area contributed by atoms with E-state index in [0.717, 1.165) is 22.9 Å². The zero-order chi connectivity index (χ0) is 14.4. The normalized spacial score (nSPS) is 16.5. The number of hydrogen-bond acceptors (Lipinski definition) is 2. The lowest BCUT2D eigenvalue weighted by Crippen LogP contribution is -2.37. The van der Waals surface area contributed by atoms with Crippen LogP contribution in [0.25, 0.3) is 0 Å². The Labute approximate surface area is 129 Å². The molecule has 1 fully saturated rings. The topological polar surface area (TPSA) is 38.3 Å². The summed E-state index contributed by atoms with van der Waals surface area (Å²) in [6, 6.07) is 6.18. The molecule has 2 rings (SSSR count). The quantitative estimate of drug-likeness (QED) is 0.842. The first-order chi connectivity index (χ1) is 9.65. The molecule has 0 spiro atoms. The minimum atomic E-state index is -0.0237. The van der Waals surface area contributed by atoms with E-state index in [2.05, 4.69) is 21.2 Å². The number of aryl methyl sites for hydroxylation is 1. The lowest BCUT2D eigenvalue weighted by Gasteiger charge is -2.16. The molecule has 4 heteroatoms. The van der Waals surface area contributed by atoms with Crippen molar-refractivity contribution in [1.82, 2.24) is 5.32 Å². The number of rotatable bonds is 4. The fourth-order valence-electron chi connectivity index (χ4n) is 2.56. The van der Waals surface area contributed by atoms with Gasteiger partial charge >= 0.3 is 0 Å². The second kappa shape index (κ2) is 7.67. The van der Waals surface area contributed by atoms with E-state index in [1.165, 1.54) is 25.7 Å². The number of hydrogen-bond donors (Lipinski definition) is 1. The number of carbonyl (C=O) groups excluding carboxylic acids is 1. The molecule has 20 heavy (non-hydrogen) atoms. The van der Waals surface area contributed by atoms with Gasteiger partial charge in [-0.05, 0) is 53.4 Å². The molecule has 1 aliphatic rings. The van der Waals surface area contributed by atoms with Gasteiger partial charge in [-0.1, -0.05) is 31.7 Å². The molecule has 1 saturated carbocycles. The Morgan fingerprint density at radius 2 is 2.00 bits per heavy atom. The Morgan fingerprint density at radius 1 is 1.30 bits per heavy atom. The first kappa shape index (κ1) is 15.4. The van der Waals surface area contributed by atoms with Crippen molar-refractivity contribution >= 4 is 21.8 Å². The predicted molar refractivity (Wildman–Crippen MR) is 84.0 cm³/mol. The van der Waals surface area contributed by atoms with Gasteiger partial charge in [0.1, 0.15) is 5.75 Å². The first-order valence-corrected chi connectivity index (χ1v) is 8.13. The number of carbonyl (C=O) groups is 1. The average molecular weight is 340 g/mol.